The Labute approximate surface area is 183 Å². The molecular weight excluding hydrogens is 452 g/mol. The predicted octanol–water partition coefficient (Wildman–Crippen LogP) is 3.39. The van der Waals surface area contributed by atoms with E-state index in [0.29, 0.717) is 6.54 Å². The molecule has 29 heavy (non-hydrogen) atoms. The molecule has 3 saturated heterocycles. The van der Waals surface area contributed by atoms with Crippen LogP contribution in [-0.4, -0.2) is 64.6 Å². The number of hydrogen-bond acceptors (Lipinski definition) is 6. The van der Waals surface area contributed by atoms with Crippen molar-refractivity contribution in [2.24, 2.45) is 0 Å². The van der Waals surface area contributed by atoms with Crippen molar-refractivity contribution in [1.82, 2.24) is 14.2 Å². The topological polar surface area (TPSA) is 48.9 Å². The van der Waals surface area contributed by atoms with Crippen LogP contribution in [-0.2, 0) is 9.53 Å². The van der Waals surface area contributed by atoms with Gasteiger partial charge in [0.15, 0.2) is 0 Å². The van der Waals surface area contributed by atoms with Gasteiger partial charge in [-0.15, -0.1) is 0 Å². The highest BCUT2D eigenvalue weighted by atomic mass is 79.9. The minimum absolute atomic E-state index is 0.147. The second-order valence-electron chi connectivity index (χ2n) is 7.84. The average Bonchev–Trinajstić information content (AvgIpc) is 3.09. The number of ether oxygens (including phenoxy) is 1. The Morgan fingerprint density at radius 2 is 1.83 bits per heavy atom. The average molecular weight is 475 g/mol. The first-order valence-electron chi connectivity index (χ1n) is 9.91. The number of carbonyl (C=O) groups excluding carboxylic acids is 1. The molecule has 0 saturated carbocycles. The van der Waals surface area contributed by atoms with Crippen molar-refractivity contribution in [1.29, 1.82) is 0 Å². The molecule has 6 nitrogen and oxygen atoms in total. The number of pyridine rings is 1. The van der Waals surface area contributed by atoms with Gasteiger partial charge in [0.2, 0.25) is 5.91 Å². The van der Waals surface area contributed by atoms with Crippen LogP contribution in [0.5, 0.6) is 0 Å². The maximum atomic E-state index is 12.8. The van der Waals surface area contributed by atoms with Gasteiger partial charge in [0, 0.05) is 40.5 Å². The number of rotatable bonds is 3. The molecule has 3 aliphatic heterocycles. The van der Waals surface area contributed by atoms with E-state index in [2.05, 4.69) is 54.4 Å². The summed E-state index contributed by atoms with van der Waals surface area (Å²) in [4.78, 5) is 22.4. The van der Waals surface area contributed by atoms with Crippen LogP contribution in [0.1, 0.15) is 12.8 Å². The molecule has 3 fully saturated rings. The van der Waals surface area contributed by atoms with Gasteiger partial charge in [-0.25, -0.2) is 4.31 Å². The minimum atomic E-state index is -0.206. The number of piperazine rings is 1. The van der Waals surface area contributed by atoms with Gasteiger partial charge in [0.25, 0.3) is 0 Å². The number of piperidine rings is 1. The molecule has 0 N–H and O–H groups in total. The first-order chi connectivity index (χ1) is 14.1. The third-order valence-electron chi connectivity index (χ3n) is 5.93. The lowest BCUT2D eigenvalue weighted by atomic mass is 9.91. The fourth-order valence-corrected chi connectivity index (χ4v) is 5.58. The number of nitrogens with zero attached hydrogens (tertiary/aromatic N) is 4. The number of fused-ring (bicyclic) bond motifs is 1. The van der Waals surface area contributed by atoms with Gasteiger partial charge in [0.1, 0.15) is 6.23 Å². The number of aromatic nitrogens is 1. The smallest absolute Gasteiger partial charge is 0.239 e. The summed E-state index contributed by atoms with van der Waals surface area (Å²) in [7, 11) is 0. The summed E-state index contributed by atoms with van der Waals surface area (Å²) < 4.78 is 9.72. The minimum Gasteiger partial charge on any atom is -0.371 e. The van der Waals surface area contributed by atoms with Crippen molar-refractivity contribution in [2.45, 2.75) is 29.6 Å². The van der Waals surface area contributed by atoms with E-state index in [1.54, 1.807) is 11.9 Å². The molecule has 8 heteroatoms. The summed E-state index contributed by atoms with van der Waals surface area (Å²) in [6, 6.07) is 12.3. The SMILES string of the molecule is O=C1CN(Sc2ccc(Br)cc2)CC2OC3(CCN(c4ccncc4)CC3)CN12. The lowest BCUT2D eigenvalue weighted by Gasteiger charge is -2.39. The zero-order valence-electron chi connectivity index (χ0n) is 16.0. The van der Waals surface area contributed by atoms with E-state index in [4.69, 9.17) is 4.74 Å². The Morgan fingerprint density at radius 3 is 2.55 bits per heavy atom. The van der Waals surface area contributed by atoms with Gasteiger partial charge in [-0.3, -0.25) is 9.78 Å². The molecule has 1 unspecified atom stereocenters. The van der Waals surface area contributed by atoms with Gasteiger partial charge < -0.3 is 14.5 Å². The van der Waals surface area contributed by atoms with Gasteiger partial charge in [-0.1, -0.05) is 15.9 Å². The highest BCUT2D eigenvalue weighted by Gasteiger charge is 2.50. The summed E-state index contributed by atoms with van der Waals surface area (Å²) in [6.45, 7) is 3.77. The number of anilines is 1. The maximum absolute atomic E-state index is 12.8. The summed E-state index contributed by atoms with van der Waals surface area (Å²) in [5.74, 6) is 0.166. The monoisotopic (exact) mass is 474 g/mol. The van der Waals surface area contributed by atoms with E-state index in [1.807, 2.05) is 29.4 Å². The zero-order valence-corrected chi connectivity index (χ0v) is 18.4. The molecule has 0 bridgehead atoms. The zero-order chi connectivity index (χ0) is 19.8. The lowest BCUT2D eigenvalue weighted by Crippen LogP contribution is -2.52. The summed E-state index contributed by atoms with van der Waals surface area (Å²) in [5, 5.41) is 0. The van der Waals surface area contributed by atoms with Crippen LogP contribution in [0, 0.1) is 0 Å². The molecule has 1 aromatic heterocycles. The van der Waals surface area contributed by atoms with Crippen molar-refractivity contribution in [3.63, 3.8) is 0 Å². The Morgan fingerprint density at radius 1 is 1.10 bits per heavy atom. The molecule has 4 heterocycles. The Kier molecular flexibility index (Phi) is 5.28. The first-order valence-corrected chi connectivity index (χ1v) is 11.5. The van der Waals surface area contributed by atoms with Crippen molar-refractivity contribution in [3.05, 3.63) is 53.3 Å². The van der Waals surface area contributed by atoms with E-state index >= 15 is 0 Å². The molecule has 5 rings (SSSR count). The number of hydrogen-bond donors (Lipinski definition) is 0. The Balaban J connectivity index is 1.22. The highest BCUT2D eigenvalue weighted by molar-refractivity contribution is 9.10. The van der Waals surface area contributed by atoms with Crippen molar-refractivity contribution in [2.75, 3.05) is 37.6 Å². The van der Waals surface area contributed by atoms with Gasteiger partial charge in [0.05, 0.1) is 25.2 Å². The normalized spacial score (nSPS) is 24.2. The van der Waals surface area contributed by atoms with Crippen molar-refractivity contribution in [3.8, 4) is 0 Å². The number of carbonyl (C=O) groups is 1. The molecule has 152 valence electrons. The second-order valence-corrected chi connectivity index (χ2v) is 9.92. The van der Waals surface area contributed by atoms with Crippen LogP contribution < -0.4 is 4.90 Å². The van der Waals surface area contributed by atoms with Gasteiger partial charge >= 0.3 is 0 Å². The number of halogens is 1. The number of amides is 1. The standard InChI is InChI=1S/C21H23BrN4O2S/c22-16-1-3-18(4-2-16)29-25-13-19(27)26-15-21(28-20(26)14-25)7-11-24(12-8-21)17-5-9-23-10-6-17/h1-6,9-10,20H,7-8,11-15H2. The Hall–Kier alpha value is -1.61. The molecule has 1 spiro atoms. The Bertz CT molecular complexity index is 874. The molecule has 1 amide bonds. The van der Waals surface area contributed by atoms with E-state index in [0.717, 1.165) is 48.4 Å². The first kappa shape index (κ1) is 19.4. The quantitative estimate of drug-likeness (QED) is 0.635. The van der Waals surface area contributed by atoms with E-state index in [-0.39, 0.29) is 17.7 Å². The van der Waals surface area contributed by atoms with Gasteiger partial charge in [-0.05, 0) is 61.2 Å². The summed E-state index contributed by atoms with van der Waals surface area (Å²) in [5.41, 5.74) is 1.00. The van der Waals surface area contributed by atoms with Crippen LogP contribution in [0.4, 0.5) is 5.69 Å². The molecular formula is C21H23BrN4O2S. The molecule has 3 aliphatic rings. The fraction of sp³-hybridized carbons (Fsp3) is 0.429. The van der Waals surface area contributed by atoms with E-state index in [9.17, 15) is 4.79 Å². The summed E-state index contributed by atoms with van der Waals surface area (Å²) in [6.07, 6.45) is 5.40. The highest BCUT2D eigenvalue weighted by Crippen LogP contribution is 2.39. The van der Waals surface area contributed by atoms with Crippen LogP contribution in [0.2, 0.25) is 0 Å². The molecule has 0 radical (unpaired) electrons. The third-order valence-corrected chi connectivity index (χ3v) is 7.48. The van der Waals surface area contributed by atoms with Crippen molar-refractivity contribution < 1.29 is 9.53 Å². The number of benzene rings is 1. The van der Waals surface area contributed by atoms with Crippen LogP contribution >= 0.6 is 27.9 Å². The largest absolute Gasteiger partial charge is 0.371 e. The maximum Gasteiger partial charge on any atom is 0.239 e. The predicted molar refractivity (Wildman–Crippen MR) is 117 cm³/mol. The third kappa shape index (κ3) is 4.03. The van der Waals surface area contributed by atoms with Crippen molar-refractivity contribution >= 4 is 39.5 Å². The van der Waals surface area contributed by atoms with Crippen LogP contribution in [0.15, 0.2) is 58.2 Å². The molecule has 0 aliphatic carbocycles. The van der Waals surface area contributed by atoms with Gasteiger partial charge in [-0.2, -0.15) is 0 Å². The molecule has 1 aromatic carbocycles. The fourth-order valence-electron chi connectivity index (χ4n) is 4.38. The second kappa shape index (κ2) is 7.91. The lowest BCUT2D eigenvalue weighted by molar-refractivity contribution is -0.144. The summed E-state index contributed by atoms with van der Waals surface area (Å²) >= 11 is 5.10. The molecule has 2 aromatic rings. The van der Waals surface area contributed by atoms with E-state index < -0.39 is 0 Å². The molecule has 1 atom stereocenters. The van der Waals surface area contributed by atoms with E-state index in [1.165, 1.54) is 5.69 Å². The van der Waals surface area contributed by atoms with Crippen LogP contribution in [0.3, 0.4) is 0 Å². The van der Waals surface area contributed by atoms with Crippen LogP contribution in [0.25, 0.3) is 0 Å².